The van der Waals surface area contributed by atoms with E-state index in [1.54, 1.807) is 42.2 Å². The lowest BCUT2D eigenvalue weighted by atomic mass is 10.1. The number of aromatic nitrogens is 3. The van der Waals surface area contributed by atoms with Gasteiger partial charge in [0.1, 0.15) is 12.7 Å². The number of sulfonamides is 1. The van der Waals surface area contributed by atoms with Gasteiger partial charge in [-0.15, -0.1) is 0 Å². The number of ether oxygens (including phenoxy) is 1. The topological polar surface area (TPSA) is 129 Å². The number of hydrogen-bond donors (Lipinski definition) is 1. The first-order chi connectivity index (χ1) is 13.3. The highest BCUT2D eigenvalue weighted by molar-refractivity contribution is 7.89. The summed E-state index contributed by atoms with van der Waals surface area (Å²) in [5.74, 6) is -0.0132. The van der Waals surface area contributed by atoms with E-state index in [9.17, 15) is 18.5 Å². The molecule has 0 fully saturated rings. The van der Waals surface area contributed by atoms with E-state index in [2.05, 4.69) is 14.8 Å². The van der Waals surface area contributed by atoms with Crippen LogP contribution in [0, 0.1) is 10.1 Å². The predicted octanol–water partition coefficient (Wildman–Crippen LogP) is 2.22. The number of rotatable bonds is 7. The van der Waals surface area contributed by atoms with Crippen LogP contribution in [0.2, 0.25) is 0 Å². The first kappa shape index (κ1) is 19.5. The molecule has 0 bridgehead atoms. The summed E-state index contributed by atoms with van der Waals surface area (Å²) in [6.45, 7) is 1.68. The van der Waals surface area contributed by atoms with Gasteiger partial charge < -0.3 is 4.74 Å². The van der Waals surface area contributed by atoms with Crippen LogP contribution in [0.25, 0.3) is 5.69 Å². The number of nitrogens with zero attached hydrogens (tertiary/aromatic N) is 4. The summed E-state index contributed by atoms with van der Waals surface area (Å²) in [4.78, 5) is 14.1. The molecule has 1 atom stereocenters. The second-order valence-electron chi connectivity index (χ2n) is 5.87. The molecule has 0 radical (unpaired) electrons. The van der Waals surface area contributed by atoms with Crippen molar-refractivity contribution in [3.05, 3.63) is 70.8 Å². The van der Waals surface area contributed by atoms with Crippen molar-refractivity contribution < 1.29 is 18.1 Å². The molecule has 0 aliphatic carbocycles. The molecule has 28 heavy (non-hydrogen) atoms. The summed E-state index contributed by atoms with van der Waals surface area (Å²) in [7, 11) is -2.70. The van der Waals surface area contributed by atoms with Gasteiger partial charge in [0.2, 0.25) is 10.0 Å². The predicted molar refractivity (Wildman–Crippen MR) is 99.7 cm³/mol. The summed E-state index contributed by atoms with van der Waals surface area (Å²) in [5.41, 5.74) is 1.08. The molecule has 2 aromatic carbocycles. The van der Waals surface area contributed by atoms with Gasteiger partial charge in [-0.3, -0.25) is 10.1 Å². The Morgan fingerprint density at radius 2 is 1.93 bits per heavy atom. The van der Waals surface area contributed by atoms with Gasteiger partial charge in [0, 0.05) is 12.1 Å². The van der Waals surface area contributed by atoms with Crippen molar-refractivity contribution in [3.63, 3.8) is 0 Å². The third-order valence-electron chi connectivity index (χ3n) is 4.07. The molecule has 0 saturated carbocycles. The number of nitro groups is 1. The second kappa shape index (κ2) is 7.74. The molecule has 0 amide bonds. The number of nitrogens with one attached hydrogen (secondary N) is 1. The second-order valence-corrected chi connectivity index (χ2v) is 7.58. The highest BCUT2D eigenvalue weighted by Gasteiger charge is 2.23. The van der Waals surface area contributed by atoms with E-state index in [0.29, 0.717) is 0 Å². The Bertz CT molecular complexity index is 1080. The molecule has 0 unspecified atom stereocenters. The molecular weight excluding hydrogens is 386 g/mol. The quantitative estimate of drug-likeness (QED) is 0.473. The average Bonchev–Trinajstić information content (AvgIpc) is 3.22. The van der Waals surface area contributed by atoms with Crippen LogP contribution in [-0.2, 0) is 10.0 Å². The lowest BCUT2D eigenvalue weighted by Crippen LogP contribution is -2.27. The van der Waals surface area contributed by atoms with E-state index in [1.807, 2.05) is 0 Å². The van der Waals surface area contributed by atoms with E-state index in [-0.39, 0.29) is 10.6 Å². The van der Waals surface area contributed by atoms with Crippen molar-refractivity contribution in [1.82, 2.24) is 19.5 Å². The van der Waals surface area contributed by atoms with Crippen molar-refractivity contribution in [1.29, 1.82) is 0 Å². The first-order valence-electron chi connectivity index (χ1n) is 8.11. The largest absolute Gasteiger partial charge is 0.490 e. The van der Waals surface area contributed by atoms with E-state index in [4.69, 9.17) is 4.74 Å². The summed E-state index contributed by atoms with van der Waals surface area (Å²) >= 11 is 0. The minimum Gasteiger partial charge on any atom is -0.490 e. The Labute approximate surface area is 161 Å². The standard InChI is InChI=1S/C17H17N5O5S/c1-12(13-3-5-14(6-4-13)21-11-18-10-19-21)20-28(25,26)15-7-8-17(27-2)16(9-15)22(23)24/h3-12,20H,1-2H3/t12-/m0/s1. The molecule has 0 aliphatic heterocycles. The number of benzene rings is 2. The molecule has 0 saturated heterocycles. The Morgan fingerprint density at radius 3 is 2.50 bits per heavy atom. The molecule has 3 aromatic rings. The fourth-order valence-electron chi connectivity index (χ4n) is 2.61. The van der Waals surface area contributed by atoms with Crippen molar-refractivity contribution in [2.75, 3.05) is 7.11 Å². The maximum absolute atomic E-state index is 12.6. The van der Waals surface area contributed by atoms with Crippen LogP contribution in [-0.4, -0.2) is 35.2 Å². The molecular formula is C17H17N5O5S. The third-order valence-corrected chi connectivity index (χ3v) is 5.60. The summed E-state index contributed by atoms with van der Waals surface area (Å²) in [6, 6.07) is 10.0. The van der Waals surface area contributed by atoms with E-state index in [0.717, 1.165) is 17.3 Å². The monoisotopic (exact) mass is 403 g/mol. The van der Waals surface area contributed by atoms with Crippen LogP contribution >= 0.6 is 0 Å². The first-order valence-corrected chi connectivity index (χ1v) is 9.60. The lowest BCUT2D eigenvalue weighted by molar-refractivity contribution is -0.386. The maximum Gasteiger partial charge on any atom is 0.312 e. The smallest absolute Gasteiger partial charge is 0.312 e. The van der Waals surface area contributed by atoms with Gasteiger partial charge in [0.25, 0.3) is 0 Å². The zero-order valence-electron chi connectivity index (χ0n) is 15.0. The van der Waals surface area contributed by atoms with Crippen LogP contribution in [0.5, 0.6) is 5.75 Å². The Balaban J connectivity index is 1.82. The number of hydrogen-bond acceptors (Lipinski definition) is 7. The van der Waals surface area contributed by atoms with Crippen LogP contribution in [0.15, 0.2) is 60.0 Å². The summed E-state index contributed by atoms with van der Waals surface area (Å²) in [5, 5.41) is 15.2. The van der Waals surface area contributed by atoms with Crippen molar-refractivity contribution in [3.8, 4) is 11.4 Å². The molecule has 1 N–H and O–H groups in total. The van der Waals surface area contributed by atoms with Gasteiger partial charge >= 0.3 is 5.69 Å². The number of nitro benzene ring substituents is 1. The van der Waals surface area contributed by atoms with Gasteiger partial charge in [-0.1, -0.05) is 12.1 Å². The normalized spacial score (nSPS) is 12.5. The zero-order chi connectivity index (χ0) is 20.3. The van der Waals surface area contributed by atoms with Crippen LogP contribution < -0.4 is 9.46 Å². The Hall–Kier alpha value is -3.31. The minimum atomic E-state index is -3.98. The van der Waals surface area contributed by atoms with Crippen LogP contribution in [0.4, 0.5) is 5.69 Å². The van der Waals surface area contributed by atoms with E-state index in [1.165, 1.54) is 25.6 Å². The zero-order valence-corrected chi connectivity index (χ0v) is 15.8. The molecule has 146 valence electrons. The number of methoxy groups -OCH3 is 1. The lowest BCUT2D eigenvalue weighted by Gasteiger charge is -2.15. The van der Waals surface area contributed by atoms with Gasteiger partial charge in [-0.05, 0) is 36.8 Å². The van der Waals surface area contributed by atoms with Crippen molar-refractivity contribution >= 4 is 15.7 Å². The van der Waals surface area contributed by atoms with Gasteiger partial charge in [0.05, 0.1) is 22.6 Å². The van der Waals surface area contributed by atoms with Crippen LogP contribution in [0.3, 0.4) is 0 Å². The minimum absolute atomic E-state index is 0.0132. The Kier molecular flexibility index (Phi) is 5.38. The Morgan fingerprint density at radius 1 is 1.21 bits per heavy atom. The highest BCUT2D eigenvalue weighted by atomic mass is 32.2. The van der Waals surface area contributed by atoms with E-state index < -0.39 is 26.7 Å². The van der Waals surface area contributed by atoms with Gasteiger partial charge in [-0.2, -0.15) is 5.10 Å². The molecule has 0 spiro atoms. The van der Waals surface area contributed by atoms with E-state index >= 15 is 0 Å². The average molecular weight is 403 g/mol. The van der Waals surface area contributed by atoms with Crippen LogP contribution in [0.1, 0.15) is 18.5 Å². The van der Waals surface area contributed by atoms with Gasteiger partial charge in [0.15, 0.2) is 5.75 Å². The molecule has 1 heterocycles. The SMILES string of the molecule is COc1ccc(S(=O)(=O)N[C@@H](C)c2ccc(-n3cncn3)cc2)cc1[N+](=O)[O-]. The van der Waals surface area contributed by atoms with Crippen molar-refractivity contribution in [2.24, 2.45) is 0 Å². The van der Waals surface area contributed by atoms with Gasteiger partial charge in [-0.25, -0.2) is 22.8 Å². The molecule has 11 heteroatoms. The highest BCUT2D eigenvalue weighted by Crippen LogP contribution is 2.30. The summed E-state index contributed by atoms with van der Waals surface area (Å²) in [6.07, 6.45) is 2.97. The van der Waals surface area contributed by atoms with Crippen molar-refractivity contribution in [2.45, 2.75) is 17.9 Å². The summed E-state index contributed by atoms with van der Waals surface area (Å²) < 4.78 is 34.3. The molecule has 3 rings (SSSR count). The fraction of sp³-hybridized carbons (Fsp3) is 0.176. The third kappa shape index (κ3) is 4.00. The molecule has 10 nitrogen and oxygen atoms in total. The molecule has 0 aliphatic rings. The fourth-order valence-corrected chi connectivity index (χ4v) is 3.86. The maximum atomic E-state index is 12.6. The molecule has 1 aromatic heterocycles.